The molecule has 0 fully saturated rings. The van der Waals surface area contributed by atoms with Crippen molar-refractivity contribution >= 4 is 38.2 Å². The van der Waals surface area contributed by atoms with Crippen LogP contribution in [0.25, 0.3) is 10.9 Å². The molecule has 0 bridgehead atoms. The zero-order valence-electron chi connectivity index (χ0n) is 11.4. The highest BCUT2D eigenvalue weighted by Gasteiger charge is 2.06. The number of halogens is 1. The quantitative estimate of drug-likeness (QED) is 0.685. The van der Waals surface area contributed by atoms with Crippen LogP contribution < -0.4 is 5.32 Å². The number of fused-ring (bicyclic) bond motifs is 1. The van der Waals surface area contributed by atoms with E-state index >= 15 is 0 Å². The molecule has 2 nitrogen and oxygen atoms in total. The summed E-state index contributed by atoms with van der Waals surface area (Å²) < 4.78 is 1.05. The van der Waals surface area contributed by atoms with Gasteiger partial charge in [0, 0.05) is 21.2 Å². The van der Waals surface area contributed by atoms with E-state index in [0.717, 1.165) is 32.4 Å². The SMILES string of the molecule is Cc1ccc2nc(C)cc(Nc3ccccc3Br)c2c1. The summed E-state index contributed by atoms with van der Waals surface area (Å²) >= 11 is 3.57. The molecule has 3 rings (SSSR count). The number of nitrogens with zero attached hydrogens (tertiary/aromatic N) is 1. The predicted molar refractivity (Wildman–Crippen MR) is 88.6 cm³/mol. The third-order valence-corrected chi connectivity index (χ3v) is 3.93. The molecule has 0 aliphatic carbocycles. The van der Waals surface area contributed by atoms with Crippen LogP contribution >= 0.6 is 15.9 Å². The fourth-order valence-corrected chi connectivity index (χ4v) is 2.67. The highest BCUT2D eigenvalue weighted by Crippen LogP contribution is 2.30. The van der Waals surface area contributed by atoms with Crippen LogP contribution in [0.15, 0.2) is 53.0 Å². The van der Waals surface area contributed by atoms with E-state index in [1.165, 1.54) is 5.56 Å². The highest BCUT2D eigenvalue weighted by molar-refractivity contribution is 9.10. The Balaban J connectivity index is 2.15. The summed E-state index contributed by atoms with van der Waals surface area (Å²) in [7, 11) is 0. The summed E-state index contributed by atoms with van der Waals surface area (Å²) in [5.74, 6) is 0. The average molecular weight is 327 g/mol. The second-order valence-corrected chi connectivity index (χ2v) is 5.79. The van der Waals surface area contributed by atoms with Gasteiger partial charge >= 0.3 is 0 Å². The number of rotatable bonds is 2. The van der Waals surface area contributed by atoms with Crippen LogP contribution in [0.2, 0.25) is 0 Å². The van der Waals surface area contributed by atoms with Crippen LogP contribution in [0, 0.1) is 13.8 Å². The number of nitrogens with one attached hydrogen (secondary N) is 1. The molecule has 0 saturated carbocycles. The van der Waals surface area contributed by atoms with Gasteiger partial charge < -0.3 is 5.32 Å². The van der Waals surface area contributed by atoms with Crippen molar-refractivity contribution in [3.63, 3.8) is 0 Å². The molecule has 0 aliphatic heterocycles. The largest absolute Gasteiger partial charge is 0.354 e. The third-order valence-electron chi connectivity index (χ3n) is 3.24. The summed E-state index contributed by atoms with van der Waals surface area (Å²) in [6.45, 7) is 4.12. The van der Waals surface area contributed by atoms with Crippen molar-refractivity contribution in [1.29, 1.82) is 0 Å². The number of anilines is 2. The Labute approximate surface area is 127 Å². The van der Waals surface area contributed by atoms with E-state index in [0.29, 0.717) is 0 Å². The number of aryl methyl sites for hydroxylation is 2. The number of hydrogen-bond acceptors (Lipinski definition) is 2. The predicted octanol–water partition coefficient (Wildman–Crippen LogP) is 5.36. The van der Waals surface area contributed by atoms with Crippen LogP contribution in [0.4, 0.5) is 11.4 Å². The van der Waals surface area contributed by atoms with E-state index in [1.807, 2.05) is 25.1 Å². The Hall–Kier alpha value is -1.87. The second-order valence-electron chi connectivity index (χ2n) is 4.94. The molecule has 0 amide bonds. The third kappa shape index (κ3) is 2.54. The Morgan fingerprint density at radius 3 is 2.55 bits per heavy atom. The topological polar surface area (TPSA) is 24.9 Å². The van der Waals surface area contributed by atoms with Crippen molar-refractivity contribution in [2.24, 2.45) is 0 Å². The molecule has 3 aromatic rings. The summed E-state index contributed by atoms with van der Waals surface area (Å²) in [5.41, 5.74) is 5.41. The van der Waals surface area contributed by atoms with Crippen molar-refractivity contribution in [3.05, 3.63) is 64.3 Å². The summed E-state index contributed by atoms with van der Waals surface area (Å²) in [6, 6.07) is 16.5. The Kier molecular flexibility index (Phi) is 3.45. The number of pyridine rings is 1. The van der Waals surface area contributed by atoms with Crippen LogP contribution in [0.1, 0.15) is 11.3 Å². The molecular weight excluding hydrogens is 312 g/mol. The average Bonchev–Trinajstić information content (AvgIpc) is 2.42. The lowest BCUT2D eigenvalue weighted by atomic mass is 10.1. The minimum Gasteiger partial charge on any atom is -0.354 e. The Morgan fingerprint density at radius 1 is 0.950 bits per heavy atom. The van der Waals surface area contributed by atoms with Gasteiger partial charge in [0.15, 0.2) is 0 Å². The second kappa shape index (κ2) is 5.25. The molecule has 0 radical (unpaired) electrons. The van der Waals surface area contributed by atoms with E-state index < -0.39 is 0 Å². The lowest BCUT2D eigenvalue weighted by Gasteiger charge is -2.12. The maximum absolute atomic E-state index is 4.59. The molecule has 1 aromatic heterocycles. The minimum absolute atomic E-state index is 1.01. The lowest BCUT2D eigenvalue weighted by Crippen LogP contribution is -1.95. The Bertz CT molecular complexity index is 781. The molecule has 100 valence electrons. The smallest absolute Gasteiger partial charge is 0.0726 e. The van der Waals surface area contributed by atoms with Crippen molar-refractivity contribution in [3.8, 4) is 0 Å². The van der Waals surface area contributed by atoms with Gasteiger partial charge in [-0.3, -0.25) is 4.98 Å². The van der Waals surface area contributed by atoms with Gasteiger partial charge in [0.1, 0.15) is 0 Å². The molecular formula is C17H15BrN2. The number of benzene rings is 2. The molecule has 1 N–H and O–H groups in total. The normalized spacial score (nSPS) is 10.8. The van der Waals surface area contributed by atoms with Crippen LogP contribution in [-0.2, 0) is 0 Å². The molecule has 1 heterocycles. The van der Waals surface area contributed by atoms with Gasteiger partial charge in [0.25, 0.3) is 0 Å². The van der Waals surface area contributed by atoms with Gasteiger partial charge in [-0.25, -0.2) is 0 Å². The van der Waals surface area contributed by atoms with Crippen molar-refractivity contribution < 1.29 is 0 Å². The van der Waals surface area contributed by atoms with E-state index in [1.54, 1.807) is 0 Å². The fourth-order valence-electron chi connectivity index (χ4n) is 2.28. The van der Waals surface area contributed by atoms with Crippen molar-refractivity contribution in [2.45, 2.75) is 13.8 Å². The number of para-hydroxylation sites is 1. The molecule has 0 unspecified atom stereocenters. The molecule has 0 saturated heterocycles. The van der Waals surface area contributed by atoms with Crippen LogP contribution in [0.3, 0.4) is 0 Å². The van der Waals surface area contributed by atoms with Gasteiger partial charge in [-0.1, -0.05) is 23.8 Å². The first-order valence-corrected chi connectivity index (χ1v) is 7.32. The molecule has 0 aliphatic rings. The van der Waals surface area contributed by atoms with Gasteiger partial charge in [-0.2, -0.15) is 0 Å². The van der Waals surface area contributed by atoms with Gasteiger partial charge in [0.05, 0.1) is 11.2 Å². The zero-order valence-corrected chi connectivity index (χ0v) is 13.0. The molecule has 2 aromatic carbocycles. The van der Waals surface area contributed by atoms with Crippen LogP contribution in [0.5, 0.6) is 0 Å². The first kappa shape index (κ1) is 13.1. The highest BCUT2D eigenvalue weighted by atomic mass is 79.9. The number of hydrogen-bond donors (Lipinski definition) is 1. The standard InChI is InChI=1S/C17H15BrN2/c1-11-7-8-15-13(9-11)17(10-12(2)19-15)20-16-6-4-3-5-14(16)18/h3-10H,1-2H3,(H,19,20). The van der Waals surface area contributed by atoms with E-state index in [2.05, 4.69) is 63.5 Å². The van der Waals surface area contributed by atoms with E-state index in [-0.39, 0.29) is 0 Å². The van der Waals surface area contributed by atoms with Gasteiger partial charge in [-0.15, -0.1) is 0 Å². The monoisotopic (exact) mass is 326 g/mol. The van der Waals surface area contributed by atoms with E-state index in [4.69, 9.17) is 0 Å². The zero-order chi connectivity index (χ0) is 14.1. The molecule has 20 heavy (non-hydrogen) atoms. The van der Waals surface area contributed by atoms with Crippen molar-refractivity contribution in [2.75, 3.05) is 5.32 Å². The lowest BCUT2D eigenvalue weighted by molar-refractivity contribution is 1.25. The minimum atomic E-state index is 1.01. The van der Waals surface area contributed by atoms with Crippen molar-refractivity contribution in [1.82, 2.24) is 4.98 Å². The van der Waals surface area contributed by atoms with Gasteiger partial charge in [0.2, 0.25) is 0 Å². The maximum atomic E-state index is 4.59. The summed E-state index contributed by atoms with van der Waals surface area (Å²) in [6.07, 6.45) is 0. The molecule has 0 atom stereocenters. The molecule has 3 heteroatoms. The summed E-state index contributed by atoms with van der Waals surface area (Å²) in [5, 5.41) is 4.64. The summed E-state index contributed by atoms with van der Waals surface area (Å²) in [4.78, 5) is 4.59. The maximum Gasteiger partial charge on any atom is 0.0726 e. The first-order valence-electron chi connectivity index (χ1n) is 6.53. The molecule has 0 spiro atoms. The first-order chi connectivity index (χ1) is 9.63. The fraction of sp³-hybridized carbons (Fsp3) is 0.118. The van der Waals surface area contributed by atoms with E-state index in [9.17, 15) is 0 Å². The number of aromatic nitrogens is 1. The Morgan fingerprint density at radius 2 is 1.75 bits per heavy atom. The van der Waals surface area contributed by atoms with Gasteiger partial charge in [-0.05, 0) is 60.1 Å². The van der Waals surface area contributed by atoms with Crippen LogP contribution in [-0.4, -0.2) is 4.98 Å².